The summed E-state index contributed by atoms with van der Waals surface area (Å²) in [5, 5.41) is 8.88. The van der Waals surface area contributed by atoms with Crippen LogP contribution < -0.4 is 0 Å². The SMILES string of the molecule is CCOC(=O)CN(CC#N)C(C)c1cccc(Br)c1. The molecular formula is C14H17BrN2O2. The first-order chi connectivity index (χ1) is 9.08. The van der Waals surface area contributed by atoms with E-state index in [1.165, 1.54) is 0 Å². The zero-order valence-corrected chi connectivity index (χ0v) is 12.7. The molecule has 5 heteroatoms. The molecule has 102 valence electrons. The predicted molar refractivity (Wildman–Crippen MR) is 76.4 cm³/mol. The van der Waals surface area contributed by atoms with Gasteiger partial charge in [0.05, 0.1) is 25.8 Å². The summed E-state index contributed by atoms with van der Waals surface area (Å²) in [4.78, 5) is 13.3. The Morgan fingerprint density at radius 2 is 2.32 bits per heavy atom. The number of hydrogen-bond donors (Lipinski definition) is 0. The molecule has 0 heterocycles. The Kier molecular flexibility index (Phi) is 6.54. The van der Waals surface area contributed by atoms with Gasteiger partial charge in [-0.05, 0) is 31.5 Å². The molecule has 1 aromatic rings. The maximum absolute atomic E-state index is 11.5. The molecule has 0 N–H and O–H groups in total. The van der Waals surface area contributed by atoms with E-state index in [2.05, 4.69) is 22.0 Å². The van der Waals surface area contributed by atoms with Crippen molar-refractivity contribution in [2.45, 2.75) is 19.9 Å². The summed E-state index contributed by atoms with van der Waals surface area (Å²) in [6.07, 6.45) is 0. The van der Waals surface area contributed by atoms with Gasteiger partial charge in [0.15, 0.2) is 0 Å². The van der Waals surface area contributed by atoms with E-state index in [1.807, 2.05) is 31.2 Å². The average Bonchev–Trinajstić information content (AvgIpc) is 2.37. The van der Waals surface area contributed by atoms with E-state index in [-0.39, 0.29) is 25.1 Å². The number of nitrogens with zero attached hydrogens (tertiary/aromatic N) is 2. The Balaban J connectivity index is 2.80. The molecule has 0 saturated carbocycles. The third kappa shape index (κ3) is 5.01. The van der Waals surface area contributed by atoms with Crippen molar-refractivity contribution in [1.29, 1.82) is 5.26 Å². The molecule has 0 saturated heterocycles. The van der Waals surface area contributed by atoms with E-state index >= 15 is 0 Å². The highest BCUT2D eigenvalue weighted by molar-refractivity contribution is 9.10. The molecule has 4 nitrogen and oxygen atoms in total. The van der Waals surface area contributed by atoms with E-state index in [1.54, 1.807) is 11.8 Å². The number of carbonyl (C=O) groups is 1. The number of carbonyl (C=O) groups excluding carboxylic acids is 1. The third-order valence-corrected chi connectivity index (χ3v) is 3.28. The molecule has 19 heavy (non-hydrogen) atoms. The lowest BCUT2D eigenvalue weighted by Crippen LogP contribution is -2.33. The molecule has 1 atom stereocenters. The van der Waals surface area contributed by atoms with Crippen LogP contribution in [0.3, 0.4) is 0 Å². The highest BCUT2D eigenvalue weighted by Crippen LogP contribution is 2.22. The average molecular weight is 325 g/mol. The number of ether oxygens (including phenoxy) is 1. The van der Waals surface area contributed by atoms with Crippen LogP contribution >= 0.6 is 15.9 Å². The maximum Gasteiger partial charge on any atom is 0.320 e. The standard InChI is InChI=1S/C14H17BrN2O2/c1-3-19-14(18)10-17(8-7-16)11(2)12-5-4-6-13(15)9-12/h4-6,9,11H,3,8,10H2,1-2H3. The van der Waals surface area contributed by atoms with Gasteiger partial charge in [0.2, 0.25) is 0 Å². The fourth-order valence-electron chi connectivity index (χ4n) is 1.77. The Morgan fingerprint density at radius 3 is 2.89 bits per heavy atom. The molecule has 0 amide bonds. The minimum absolute atomic E-state index is 0.0263. The summed E-state index contributed by atoms with van der Waals surface area (Å²) in [6.45, 7) is 4.40. The second-order valence-corrected chi connectivity index (χ2v) is 5.01. The number of nitriles is 1. The lowest BCUT2D eigenvalue weighted by atomic mass is 10.1. The van der Waals surface area contributed by atoms with Crippen molar-refractivity contribution in [1.82, 2.24) is 4.90 Å². The van der Waals surface area contributed by atoms with Gasteiger partial charge in [-0.3, -0.25) is 9.69 Å². The van der Waals surface area contributed by atoms with Gasteiger partial charge in [0.25, 0.3) is 0 Å². The lowest BCUT2D eigenvalue weighted by molar-refractivity contribution is -0.144. The van der Waals surface area contributed by atoms with Crippen molar-refractivity contribution < 1.29 is 9.53 Å². The topological polar surface area (TPSA) is 53.3 Å². The summed E-state index contributed by atoms with van der Waals surface area (Å²) in [6, 6.07) is 9.90. The van der Waals surface area contributed by atoms with Gasteiger partial charge < -0.3 is 4.74 Å². The number of halogens is 1. The molecule has 0 bridgehead atoms. The summed E-state index contributed by atoms with van der Waals surface area (Å²) in [5.74, 6) is -0.306. The van der Waals surface area contributed by atoms with Crippen LogP contribution in [-0.4, -0.2) is 30.6 Å². The van der Waals surface area contributed by atoms with Gasteiger partial charge in [-0.15, -0.1) is 0 Å². The van der Waals surface area contributed by atoms with Gasteiger partial charge in [-0.25, -0.2) is 0 Å². The monoisotopic (exact) mass is 324 g/mol. The van der Waals surface area contributed by atoms with Crippen LogP contribution in [0.1, 0.15) is 25.5 Å². The van der Waals surface area contributed by atoms with Crippen molar-refractivity contribution >= 4 is 21.9 Å². The van der Waals surface area contributed by atoms with Crippen molar-refractivity contribution in [2.75, 3.05) is 19.7 Å². The van der Waals surface area contributed by atoms with E-state index in [9.17, 15) is 4.79 Å². The smallest absolute Gasteiger partial charge is 0.320 e. The highest BCUT2D eigenvalue weighted by Gasteiger charge is 2.19. The minimum atomic E-state index is -0.306. The quantitative estimate of drug-likeness (QED) is 0.596. The second kappa shape index (κ2) is 7.93. The number of esters is 1. The largest absolute Gasteiger partial charge is 0.465 e. The normalized spacial score (nSPS) is 11.9. The highest BCUT2D eigenvalue weighted by atomic mass is 79.9. The van der Waals surface area contributed by atoms with Crippen LogP contribution in [0.15, 0.2) is 28.7 Å². The summed E-state index contributed by atoms with van der Waals surface area (Å²) < 4.78 is 5.91. The van der Waals surface area contributed by atoms with Crippen molar-refractivity contribution in [2.24, 2.45) is 0 Å². The van der Waals surface area contributed by atoms with E-state index in [4.69, 9.17) is 10.00 Å². The summed E-state index contributed by atoms with van der Waals surface area (Å²) in [7, 11) is 0. The number of hydrogen-bond acceptors (Lipinski definition) is 4. The first-order valence-electron chi connectivity index (χ1n) is 6.10. The predicted octanol–water partition coefficient (Wildman–Crippen LogP) is 2.90. The first-order valence-corrected chi connectivity index (χ1v) is 6.89. The molecule has 0 aromatic heterocycles. The van der Waals surface area contributed by atoms with Crippen LogP contribution in [0, 0.1) is 11.3 Å². The molecule has 0 aliphatic rings. The van der Waals surface area contributed by atoms with Gasteiger partial charge >= 0.3 is 5.97 Å². The summed E-state index contributed by atoms with van der Waals surface area (Å²) in [5.41, 5.74) is 1.05. The molecule has 0 spiro atoms. The van der Waals surface area contributed by atoms with Gasteiger partial charge in [-0.1, -0.05) is 28.1 Å². The zero-order valence-electron chi connectivity index (χ0n) is 11.1. The number of rotatable bonds is 6. The van der Waals surface area contributed by atoms with Crippen LogP contribution in [0.5, 0.6) is 0 Å². The molecule has 1 unspecified atom stereocenters. The summed E-state index contributed by atoms with van der Waals surface area (Å²) >= 11 is 3.42. The maximum atomic E-state index is 11.5. The first kappa shape index (κ1) is 15.7. The van der Waals surface area contributed by atoms with Crippen LogP contribution in [-0.2, 0) is 9.53 Å². The van der Waals surface area contributed by atoms with E-state index in [0.29, 0.717) is 6.61 Å². The van der Waals surface area contributed by atoms with Crippen LogP contribution in [0.25, 0.3) is 0 Å². The lowest BCUT2D eigenvalue weighted by Gasteiger charge is -2.26. The third-order valence-electron chi connectivity index (χ3n) is 2.79. The molecule has 1 aromatic carbocycles. The molecule has 0 radical (unpaired) electrons. The molecular weight excluding hydrogens is 308 g/mol. The van der Waals surface area contributed by atoms with Crippen LogP contribution in [0.2, 0.25) is 0 Å². The fraction of sp³-hybridized carbons (Fsp3) is 0.429. The minimum Gasteiger partial charge on any atom is -0.465 e. The van der Waals surface area contributed by atoms with E-state index in [0.717, 1.165) is 10.0 Å². The molecule has 0 aliphatic heterocycles. The van der Waals surface area contributed by atoms with Crippen molar-refractivity contribution in [3.8, 4) is 6.07 Å². The molecule has 0 fully saturated rings. The van der Waals surface area contributed by atoms with E-state index < -0.39 is 0 Å². The molecule has 0 aliphatic carbocycles. The Labute approximate surface area is 122 Å². The second-order valence-electron chi connectivity index (χ2n) is 4.10. The number of benzene rings is 1. The van der Waals surface area contributed by atoms with Gasteiger partial charge in [-0.2, -0.15) is 5.26 Å². The Morgan fingerprint density at radius 1 is 1.58 bits per heavy atom. The van der Waals surface area contributed by atoms with Gasteiger partial charge in [0.1, 0.15) is 0 Å². The van der Waals surface area contributed by atoms with Crippen molar-refractivity contribution in [3.05, 3.63) is 34.3 Å². The Bertz CT molecular complexity index is 471. The fourth-order valence-corrected chi connectivity index (χ4v) is 2.19. The zero-order chi connectivity index (χ0) is 14.3. The van der Waals surface area contributed by atoms with Crippen molar-refractivity contribution in [3.63, 3.8) is 0 Å². The molecule has 1 rings (SSSR count). The van der Waals surface area contributed by atoms with Gasteiger partial charge in [0, 0.05) is 10.5 Å². The Hall–Kier alpha value is -1.38. The van der Waals surface area contributed by atoms with Crippen LogP contribution in [0.4, 0.5) is 0 Å².